The number of nitro groups is 1. The van der Waals surface area contributed by atoms with Gasteiger partial charge in [0.05, 0.1) is 16.0 Å². The minimum absolute atomic E-state index is 0.0403. The number of rotatable bonds is 3. The summed E-state index contributed by atoms with van der Waals surface area (Å²) >= 11 is 0. The first kappa shape index (κ1) is 19.3. The van der Waals surface area contributed by atoms with E-state index in [0.717, 1.165) is 0 Å². The third kappa shape index (κ3) is 3.53. The summed E-state index contributed by atoms with van der Waals surface area (Å²) in [5.74, 6) is 0.0770. The number of nitro benzene ring substituents is 1. The van der Waals surface area contributed by atoms with Crippen LogP contribution in [0.1, 0.15) is 29.8 Å². The Morgan fingerprint density at radius 2 is 1.96 bits per heavy atom. The van der Waals surface area contributed by atoms with Gasteiger partial charge in [-0.15, -0.1) is 0 Å². The van der Waals surface area contributed by atoms with Crippen molar-refractivity contribution in [2.24, 2.45) is 5.41 Å². The third-order valence-electron chi connectivity index (χ3n) is 4.71. The zero-order valence-electron chi connectivity index (χ0n) is 16.1. The quantitative estimate of drug-likeness (QED) is 0.645. The maximum absolute atomic E-state index is 12.6. The van der Waals surface area contributed by atoms with Crippen molar-refractivity contribution in [3.05, 3.63) is 57.6 Å². The van der Waals surface area contributed by atoms with Crippen molar-refractivity contribution in [1.82, 2.24) is 0 Å². The van der Waals surface area contributed by atoms with Gasteiger partial charge in [-0.1, -0.05) is 0 Å². The summed E-state index contributed by atoms with van der Waals surface area (Å²) in [6.45, 7) is 5.47. The summed E-state index contributed by atoms with van der Waals surface area (Å²) in [6.07, 6.45) is 0. The molecule has 1 N–H and O–H groups in total. The van der Waals surface area contributed by atoms with E-state index in [2.05, 4.69) is 5.32 Å². The first-order chi connectivity index (χ1) is 13.1. The van der Waals surface area contributed by atoms with Gasteiger partial charge < -0.3 is 15.0 Å². The molecule has 8 heteroatoms. The summed E-state index contributed by atoms with van der Waals surface area (Å²) < 4.78 is 5.76. The van der Waals surface area contributed by atoms with Crippen molar-refractivity contribution < 1.29 is 19.2 Å². The molecule has 0 fully saturated rings. The van der Waals surface area contributed by atoms with Gasteiger partial charge in [-0.2, -0.15) is 0 Å². The minimum atomic E-state index is -0.659. The van der Waals surface area contributed by atoms with E-state index in [0.29, 0.717) is 28.3 Å². The molecule has 28 heavy (non-hydrogen) atoms. The highest BCUT2D eigenvalue weighted by Crippen LogP contribution is 2.37. The lowest BCUT2D eigenvalue weighted by atomic mass is 9.93. The molecule has 2 aromatic rings. The number of carbonyl (C=O) groups is 2. The zero-order chi connectivity index (χ0) is 20.6. The summed E-state index contributed by atoms with van der Waals surface area (Å²) in [7, 11) is 1.67. The number of nitrogens with zero attached hydrogens (tertiary/aromatic N) is 2. The molecule has 0 saturated heterocycles. The van der Waals surface area contributed by atoms with E-state index in [4.69, 9.17) is 4.74 Å². The largest absolute Gasteiger partial charge is 0.490 e. The van der Waals surface area contributed by atoms with Gasteiger partial charge >= 0.3 is 0 Å². The van der Waals surface area contributed by atoms with Crippen molar-refractivity contribution >= 4 is 28.9 Å². The predicted octanol–water partition coefficient (Wildman–Crippen LogP) is 3.54. The van der Waals surface area contributed by atoms with Crippen LogP contribution < -0.4 is 15.0 Å². The van der Waals surface area contributed by atoms with Gasteiger partial charge in [0, 0.05) is 29.9 Å². The molecule has 1 heterocycles. The average Bonchev–Trinajstić information content (AvgIpc) is 2.72. The van der Waals surface area contributed by atoms with Gasteiger partial charge in [0.25, 0.3) is 11.6 Å². The fourth-order valence-electron chi connectivity index (χ4n) is 3.07. The van der Waals surface area contributed by atoms with Crippen LogP contribution in [0.15, 0.2) is 36.4 Å². The van der Waals surface area contributed by atoms with Crippen LogP contribution in [0.2, 0.25) is 0 Å². The third-order valence-corrected chi connectivity index (χ3v) is 4.71. The Morgan fingerprint density at radius 3 is 2.61 bits per heavy atom. The Kier molecular flexibility index (Phi) is 4.80. The Labute approximate surface area is 162 Å². The Hall–Kier alpha value is -3.42. The van der Waals surface area contributed by atoms with E-state index >= 15 is 0 Å². The monoisotopic (exact) mass is 383 g/mol. The molecular formula is C20H21N3O5. The van der Waals surface area contributed by atoms with Crippen molar-refractivity contribution in [1.29, 1.82) is 0 Å². The lowest BCUT2D eigenvalue weighted by Crippen LogP contribution is -2.39. The number of hydrogen-bond acceptors (Lipinski definition) is 5. The summed E-state index contributed by atoms with van der Waals surface area (Å²) in [5, 5.41) is 13.7. The number of fused-ring (bicyclic) bond motifs is 1. The molecule has 3 rings (SSSR count). The van der Waals surface area contributed by atoms with Gasteiger partial charge in [-0.25, -0.2) is 0 Å². The molecule has 2 aromatic carbocycles. The predicted molar refractivity (Wildman–Crippen MR) is 105 cm³/mol. The van der Waals surface area contributed by atoms with Gasteiger partial charge in [0.1, 0.15) is 12.4 Å². The number of hydrogen-bond donors (Lipinski definition) is 1. The molecule has 2 amide bonds. The summed E-state index contributed by atoms with van der Waals surface area (Å²) in [5.41, 5.74) is 1.06. The van der Waals surface area contributed by atoms with E-state index in [1.165, 1.54) is 23.1 Å². The molecule has 146 valence electrons. The number of aryl methyl sites for hydroxylation is 1. The topological polar surface area (TPSA) is 102 Å². The SMILES string of the molecule is Cc1cc(C(=O)Nc2ccc3c(c2)N(C)C(=O)C(C)(C)CO3)ccc1[N+](=O)[O-]. The summed E-state index contributed by atoms with van der Waals surface area (Å²) in [6, 6.07) is 9.25. The van der Waals surface area contributed by atoms with E-state index < -0.39 is 16.2 Å². The standard InChI is InChI=1S/C20H21N3O5/c1-12-9-13(5-7-15(12)23(26)27)18(24)21-14-6-8-17-16(10-14)22(4)19(25)20(2,3)11-28-17/h5-10H,11H2,1-4H3,(H,21,24). The van der Waals surface area contributed by atoms with Crippen LogP contribution in [0, 0.1) is 22.5 Å². The van der Waals surface area contributed by atoms with E-state index in [1.807, 2.05) is 13.8 Å². The molecule has 0 saturated carbocycles. The second-order valence-electron chi connectivity index (χ2n) is 7.43. The van der Waals surface area contributed by atoms with Gasteiger partial charge in [-0.3, -0.25) is 19.7 Å². The van der Waals surface area contributed by atoms with E-state index in [9.17, 15) is 19.7 Å². The number of anilines is 2. The zero-order valence-corrected chi connectivity index (χ0v) is 16.1. The molecular weight excluding hydrogens is 362 g/mol. The molecule has 0 atom stereocenters. The van der Waals surface area contributed by atoms with Gasteiger partial charge in [-0.05, 0) is 51.1 Å². The van der Waals surface area contributed by atoms with Crippen LogP contribution in [0.4, 0.5) is 17.1 Å². The number of nitrogens with one attached hydrogen (secondary N) is 1. The Morgan fingerprint density at radius 1 is 1.25 bits per heavy atom. The summed E-state index contributed by atoms with van der Waals surface area (Å²) in [4.78, 5) is 37.1. The fraction of sp³-hybridized carbons (Fsp3) is 0.300. The van der Waals surface area contributed by atoms with E-state index in [-0.39, 0.29) is 18.2 Å². The highest BCUT2D eigenvalue weighted by atomic mass is 16.6. The Balaban J connectivity index is 1.86. The van der Waals surface area contributed by atoms with Crippen LogP contribution in [-0.2, 0) is 4.79 Å². The molecule has 1 aliphatic rings. The molecule has 0 aliphatic carbocycles. The molecule has 8 nitrogen and oxygen atoms in total. The number of benzene rings is 2. The maximum Gasteiger partial charge on any atom is 0.272 e. The number of carbonyl (C=O) groups excluding carboxylic acids is 2. The number of amides is 2. The van der Waals surface area contributed by atoms with Crippen LogP contribution in [0.5, 0.6) is 5.75 Å². The van der Waals surface area contributed by atoms with Crippen LogP contribution >= 0.6 is 0 Å². The van der Waals surface area contributed by atoms with E-state index in [1.54, 1.807) is 32.2 Å². The average molecular weight is 383 g/mol. The lowest BCUT2D eigenvalue weighted by molar-refractivity contribution is -0.385. The molecule has 0 bridgehead atoms. The molecule has 1 aliphatic heterocycles. The second-order valence-corrected chi connectivity index (χ2v) is 7.43. The smallest absolute Gasteiger partial charge is 0.272 e. The molecule has 0 radical (unpaired) electrons. The van der Waals surface area contributed by atoms with Crippen LogP contribution in [-0.4, -0.2) is 30.4 Å². The highest BCUT2D eigenvalue weighted by molar-refractivity contribution is 6.05. The van der Waals surface area contributed by atoms with Crippen LogP contribution in [0.3, 0.4) is 0 Å². The number of ether oxygens (including phenoxy) is 1. The van der Waals surface area contributed by atoms with Crippen molar-refractivity contribution in [3.8, 4) is 5.75 Å². The first-order valence-corrected chi connectivity index (χ1v) is 8.71. The second kappa shape index (κ2) is 6.95. The van der Waals surface area contributed by atoms with Gasteiger partial charge in [0.2, 0.25) is 5.91 Å². The van der Waals surface area contributed by atoms with Gasteiger partial charge in [0.15, 0.2) is 0 Å². The van der Waals surface area contributed by atoms with Crippen molar-refractivity contribution in [2.75, 3.05) is 23.9 Å². The highest BCUT2D eigenvalue weighted by Gasteiger charge is 2.36. The molecule has 0 unspecified atom stereocenters. The van der Waals surface area contributed by atoms with Crippen molar-refractivity contribution in [3.63, 3.8) is 0 Å². The fourth-order valence-corrected chi connectivity index (χ4v) is 3.07. The first-order valence-electron chi connectivity index (χ1n) is 8.71. The molecule has 0 spiro atoms. The van der Waals surface area contributed by atoms with Crippen molar-refractivity contribution in [2.45, 2.75) is 20.8 Å². The Bertz CT molecular complexity index is 984. The normalized spacial score (nSPS) is 15.3. The van der Waals surface area contributed by atoms with Crippen LogP contribution in [0.25, 0.3) is 0 Å². The lowest BCUT2D eigenvalue weighted by Gasteiger charge is -2.24. The molecule has 0 aromatic heterocycles. The minimum Gasteiger partial charge on any atom is -0.490 e. The maximum atomic E-state index is 12.6.